The fourth-order valence-corrected chi connectivity index (χ4v) is 6.35. The second-order valence-corrected chi connectivity index (χ2v) is 13.0. The maximum atomic E-state index is 14.1. The molecular weight excluding hydrogens is 519 g/mol. The van der Waals surface area contributed by atoms with Gasteiger partial charge in [-0.1, -0.05) is 38.1 Å². The van der Waals surface area contributed by atoms with Gasteiger partial charge in [-0.15, -0.1) is 5.48 Å². The molecular formula is C31H39BN4O5. The molecule has 4 atom stereocenters. The highest BCUT2D eigenvalue weighted by Gasteiger charge is 2.53. The number of likely N-dealkylation sites (tertiary alicyclic amines) is 1. The summed E-state index contributed by atoms with van der Waals surface area (Å²) in [6.07, 6.45) is 2.97. The summed E-state index contributed by atoms with van der Waals surface area (Å²) >= 11 is 0. The SMILES string of the molecule is CC(C)[C@H](NOC(=O)c1ccccc1)C(=O)N1[C@@H]2CC[C@@H](C2)[C@H]1c1nc2ccc(B3OC(C)(C)C(C)(C)O3)cc2[nH]1. The van der Waals surface area contributed by atoms with E-state index in [9.17, 15) is 9.59 Å². The van der Waals surface area contributed by atoms with Crippen LogP contribution in [0.15, 0.2) is 48.5 Å². The number of carbonyl (C=O) groups is 2. The molecule has 10 heteroatoms. The zero-order valence-electron chi connectivity index (χ0n) is 24.6. The Morgan fingerprint density at radius 2 is 1.78 bits per heavy atom. The molecule has 3 aliphatic rings. The number of nitrogens with zero attached hydrogens (tertiary/aromatic N) is 2. The van der Waals surface area contributed by atoms with Crippen molar-refractivity contribution >= 4 is 35.5 Å². The van der Waals surface area contributed by atoms with Gasteiger partial charge in [0.15, 0.2) is 0 Å². The summed E-state index contributed by atoms with van der Waals surface area (Å²) in [4.78, 5) is 42.5. The van der Waals surface area contributed by atoms with Gasteiger partial charge in [0.2, 0.25) is 5.91 Å². The van der Waals surface area contributed by atoms with Crippen LogP contribution in [0.5, 0.6) is 0 Å². The number of nitrogens with one attached hydrogen (secondary N) is 2. The van der Waals surface area contributed by atoms with Crippen LogP contribution in [0.2, 0.25) is 0 Å². The number of hydrogen-bond donors (Lipinski definition) is 2. The van der Waals surface area contributed by atoms with Crippen LogP contribution in [0.1, 0.15) is 83.0 Å². The number of fused-ring (bicyclic) bond motifs is 3. The summed E-state index contributed by atoms with van der Waals surface area (Å²) in [7, 11) is -0.465. The van der Waals surface area contributed by atoms with Crippen LogP contribution in [0.3, 0.4) is 0 Å². The standard InChI is InChI=1S/C31H39BN4O5/c1-18(2)25(35-39-29(38)19-10-8-7-9-11-19)28(37)36-22-14-12-20(16-22)26(36)27-33-23-15-13-21(17-24(23)34-27)32-40-30(3,4)31(5,6)41-32/h7-11,13,15,17-18,20,22,25-26,35H,12,14,16H2,1-6H3,(H,33,34)/t20-,22+,25-,26-/m0/s1. The number of H-pyrrole nitrogens is 1. The Labute approximate surface area is 241 Å². The summed E-state index contributed by atoms with van der Waals surface area (Å²) in [5, 5.41) is 0. The first-order chi connectivity index (χ1) is 19.4. The quantitative estimate of drug-likeness (QED) is 0.329. The van der Waals surface area contributed by atoms with E-state index in [0.717, 1.165) is 41.6 Å². The molecule has 2 aromatic carbocycles. The van der Waals surface area contributed by atoms with Gasteiger partial charge in [0.25, 0.3) is 0 Å². The lowest BCUT2D eigenvalue weighted by atomic mass is 9.79. The van der Waals surface area contributed by atoms with Crippen molar-refractivity contribution in [3.05, 3.63) is 59.9 Å². The van der Waals surface area contributed by atoms with Gasteiger partial charge in [0.05, 0.1) is 33.8 Å². The first-order valence-corrected chi connectivity index (χ1v) is 14.6. The number of amides is 1. The van der Waals surface area contributed by atoms with Crippen molar-refractivity contribution in [3.8, 4) is 0 Å². The molecule has 0 unspecified atom stereocenters. The molecule has 0 radical (unpaired) electrons. The van der Waals surface area contributed by atoms with E-state index >= 15 is 0 Å². The van der Waals surface area contributed by atoms with E-state index in [1.165, 1.54) is 0 Å². The highest BCUT2D eigenvalue weighted by atomic mass is 16.7. The average Bonchev–Trinajstić information content (AvgIpc) is 3.69. The monoisotopic (exact) mass is 558 g/mol. The van der Waals surface area contributed by atoms with Crippen molar-refractivity contribution < 1.29 is 23.7 Å². The topological polar surface area (TPSA) is 106 Å². The fraction of sp³-hybridized carbons (Fsp3) is 0.516. The summed E-state index contributed by atoms with van der Waals surface area (Å²) < 4.78 is 12.5. The van der Waals surface area contributed by atoms with Crippen molar-refractivity contribution in [2.45, 2.75) is 90.1 Å². The number of piperidine rings is 1. The van der Waals surface area contributed by atoms with Crippen LogP contribution >= 0.6 is 0 Å². The average molecular weight is 558 g/mol. The van der Waals surface area contributed by atoms with Gasteiger partial charge in [0.1, 0.15) is 11.9 Å². The van der Waals surface area contributed by atoms with Gasteiger partial charge in [0, 0.05) is 6.04 Å². The third kappa shape index (κ3) is 4.96. The Hall–Kier alpha value is -3.21. The number of aromatic amines is 1. The lowest BCUT2D eigenvalue weighted by Gasteiger charge is -2.37. The molecule has 2 N–H and O–H groups in total. The Kier molecular flexibility index (Phi) is 6.99. The molecule has 1 amide bonds. The van der Waals surface area contributed by atoms with Crippen molar-refractivity contribution in [1.82, 2.24) is 20.3 Å². The maximum absolute atomic E-state index is 14.1. The lowest BCUT2D eigenvalue weighted by molar-refractivity contribution is -0.142. The van der Waals surface area contributed by atoms with Gasteiger partial charge in [-0.05, 0) is 88.5 Å². The number of hydroxylamine groups is 1. The zero-order chi connectivity index (χ0) is 29.1. The second kappa shape index (κ2) is 10.3. The molecule has 2 saturated heterocycles. The smallest absolute Gasteiger partial charge is 0.399 e. The molecule has 2 bridgehead atoms. The largest absolute Gasteiger partial charge is 0.494 e. The first-order valence-electron chi connectivity index (χ1n) is 14.6. The molecule has 1 aliphatic carbocycles. The van der Waals surface area contributed by atoms with Crippen molar-refractivity contribution in [2.75, 3.05) is 0 Å². The number of carbonyl (C=O) groups excluding carboxylic acids is 2. The maximum Gasteiger partial charge on any atom is 0.494 e. The van der Waals surface area contributed by atoms with Crippen molar-refractivity contribution in [3.63, 3.8) is 0 Å². The van der Waals surface area contributed by atoms with Crippen LogP contribution in [-0.4, -0.2) is 57.1 Å². The summed E-state index contributed by atoms with van der Waals surface area (Å²) in [6.45, 7) is 12.1. The molecule has 41 heavy (non-hydrogen) atoms. The van der Waals surface area contributed by atoms with E-state index in [0.29, 0.717) is 11.5 Å². The molecule has 0 spiro atoms. The van der Waals surface area contributed by atoms with E-state index < -0.39 is 30.3 Å². The number of aromatic nitrogens is 2. The molecule has 3 fully saturated rings. The minimum atomic E-state index is -0.677. The highest BCUT2D eigenvalue weighted by Crippen LogP contribution is 2.50. The Morgan fingerprint density at radius 1 is 1.07 bits per heavy atom. The van der Waals surface area contributed by atoms with Crippen LogP contribution in [0.25, 0.3) is 11.0 Å². The van der Waals surface area contributed by atoms with Gasteiger partial charge < -0.3 is 24.0 Å². The summed E-state index contributed by atoms with van der Waals surface area (Å²) in [6, 6.07) is 14.1. The van der Waals surface area contributed by atoms with Crippen LogP contribution < -0.4 is 10.9 Å². The molecule has 6 rings (SSSR count). The fourth-order valence-electron chi connectivity index (χ4n) is 6.35. The molecule has 3 aromatic rings. The van der Waals surface area contributed by atoms with Gasteiger partial charge in [-0.3, -0.25) is 4.79 Å². The third-order valence-electron chi connectivity index (χ3n) is 9.39. The second-order valence-electron chi connectivity index (χ2n) is 13.0. The van der Waals surface area contributed by atoms with Gasteiger partial charge >= 0.3 is 13.1 Å². The van der Waals surface area contributed by atoms with Crippen LogP contribution in [0, 0.1) is 11.8 Å². The van der Waals surface area contributed by atoms with E-state index in [2.05, 4.69) is 10.5 Å². The van der Waals surface area contributed by atoms with E-state index in [4.69, 9.17) is 19.1 Å². The lowest BCUT2D eigenvalue weighted by Crippen LogP contribution is -2.53. The van der Waals surface area contributed by atoms with Gasteiger partial charge in [-0.2, -0.15) is 0 Å². The van der Waals surface area contributed by atoms with Crippen LogP contribution in [-0.2, 0) is 18.9 Å². The van der Waals surface area contributed by atoms with E-state index in [-0.39, 0.29) is 23.9 Å². The zero-order valence-corrected chi connectivity index (χ0v) is 24.6. The van der Waals surface area contributed by atoms with E-state index in [1.54, 1.807) is 24.3 Å². The molecule has 1 saturated carbocycles. The number of imidazole rings is 1. The molecule has 216 valence electrons. The van der Waals surface area contributed by atoms with Crippen molar-refractivity contribution in [1.29, 1.82) is 0 Å². The van der Waals surface area contributed by atoms with Crippen LogP contribution in [0.4, 0.5) is 0 Å². The third-order valence-corrected chi connectivity index (χ3v) is 9.39. The predicted octanol–water partition coefficient (Wildman–Crippen LogP) is 4.30. The minimum absolute atomic E-state index is 0.0728. The Bertz CT molecular complexity index is 1440. The minimum Gasteiger partial charge on any atom is -0.399 e. The number of rotatable bonds is 7. The summed E-state index contributed by atoms with van der Waals surface area (Å²) in [5.74, 6) is 0.432. The normalized spacial score (nSPS) is 25.3. The molecule has 2 aliphatic heterocycles. The predicted molar refractivity (Wildman–Crippen MR) is 156 cm³/mol. The Balaban J connectivity index is 1.24. The molecule has 1 aromatic heterocycles. The van der Waals surface area contributed by atoms with Gasteiger partial charge in [-0.25, -0.2) is 9.78 Å². The van der Waals surface area contributed by atoms with E-state index in [1.807, 2.05) is 70.7 Å². The molecule has 9 nitrogen and oxygen atoms in total. The molecule has 3 heterocycles. The Morgan fingerprint density at radius 3 is 2.46 bits per heavy atom. The number of hydrogen-bond acceptors (Lipinski definition) is 7. The summed E-state index contributed by atoms with van der Waals surface area (Å²) in [5.41, 5.74) is 5.03. The highest BCUT2D eigenvalue weighted by molar-refractivity contribution is 6.62. The van der Waals surface area contributed by atoms with Crippen molar-refractivity contribution in [2.24, 2.45) is 11.8 Å². The first kappa shape index (κ1) is 27.9. The number of benzene rings is 2.